The zero-order valence-electron chi connectivity index (χ0n) is 11.4. The van der Waals surface area contributed by atoms with Crippen LogP contribution in [0.4, 0.5) is 0 Å². The molecule has 0 aromatic rings. The van der Waals surface area contributed by atoms with Gasteiger partial charge in [-0.25, -0.2) is 14.6 Å². The lowest BCUT2D eigenvalue weighted by Gasteiger charge is -2.44. The summed E-state index contributed by atoms with van der Waals surface area (Å²) >= 11 is 0. The molecule has 0 aromatic heterocycles. The number of hydrogen-bond donors (Lipinski definition) is 0. The van der Waals surface area contributed by atoms with Crippen molar-refractivity contribution >= 4 is 12.0 Å². The first-order chi connectivity index (χ1) is 8.30. The van der Waals surface area contributed by atoms with E-state index in [0.717, 1.165) is 19.3 Å². The molecule has 2 unspecified atom stereocenters. The molecule has 18 heavy (non-hydrogen) atoms. The molecule has 4 nitrogen and oxygen atoms in total. The average molecular weight is 251 g/mol. The predicted molar refractivity (Wildman–Crippen MR) is 68.8 cm³/mol. The Kier molecular flexibility index (Phi) is 4.47. The van der Waals surface area contributed by atoms with Crippen molar-refractivity contribution in [1.82, 2.24) is 0 Å². The van der Waals surface area contributed by atoms with Crippen molar-refractivity contribution in [3.05, 3.63) is 12.7 Å². The fourth-order valence-corrected chi connectivity index (χ4v) is 3.16. The highest BCUT2D eigenvalue weighted by atomic mass is 16.5. The zero-order chi connectivity index (χ0) is 13.8. The van der Waals surface area contributed by atoms with Crippen molar-refractivity contribution in [2.75, 3.05) is 6.61 Å². The van der Waals surface area contributed by atoms with Gasteiger partial charge in [-0.15, -0.1) is 0 Å². The summed E-state index contributed by atoms with van der Waals surface area (Å²) in [6, 6.07) is -0.0290. The number of carbonyl (C=O) groups excluding carboxylic acids is 2. The number of aliphatic imine (C=N–C) groups is 1. The summed E-state index contributed by atoms with van der Waals surface area (Å²) in [5.41, 5.74) is -0.0654. The van der Waals surface area contributed by atoms with Gasteiger partial charge >= 0.3 is 5.97 Å². The largest absolute Gasteiger partial charge is 0.462 e. The van der Waals surface area contributed by atoms with E-state index in [1.54, 1.807) is 6.08 Å². The number of ether oxygens (including phenoxy) is 1. The molecule has 1 aliphatic carbocycles. The van der Waals surface area contributed by atoms with Gasteiger partial charge in [0.25, 0.3) is 0 Å². The van der Waals surface area contributed by atoms with Crippen LogP contribution in [-0.2, 0) is 14.3 Å². The Bertz CT molecular complexity index is 383. The summed E-state index contributed by atoms with van der Waals surface area (Å²) in [5.74, 6) is -0.407. The maximum Gasteiger partial charge on any atom is 0.330 e. The van der Waals surface area contributed by atoms with Gasteiger partial charge in [0.1, 0.15) is 0 Å². The lowest BCUT2D eigenvalue weighted by Crippen LogP contribution is -2.40. The van der Waals surface area contributed by atoms with Gasteiger partial charge in [0.15, 0.2) is 0 Å². The number of carbonyl (C=O) groups is 1. The second-order valence-corrected chi connectivity index (χ2v) is 6.25. The third-order valence-corrected chi connectivity index (χ3v) is 3.39. The molecule has 0 heterocycles. The summed E-state index contributed by atoms with van der Waals surface area (Å²) < 4.78 is 5.16. The highest BCUT2D eigenvalue weighted by Gasteiger charge is 2.42. The first-order valence-electron chi connectivity index (χ1n) is 6.16. The molecule has 0 saturated heterocycles. The van der Waals surface area contributed by atoms with Gasteiger partial charge in [0, 0.05) is 11.5 Å². The molecule has 0 aliphatic heterocycles. The molecule has 1 aliphatic rings. The Balaban J connectivity index is 2.75. The SMILES string of the molecule is C=CC(=O)OCC1(C)CC(N=C=O)CC(C)(C)C1. The molecule has 1 saturated carbocycles. The third kappa shape index (κ3) is 4.11. The van der Waals surface area contributed by atoms with Crippen LogP contribution in [-0.4, -0.2) is 24.7 Å². The smallest absolute Gasteiger partial charge is 0.330 e. The minimum absolute atomic E-state index is 0.0290. The normalized spacial score (nSPS) is 30.1. The Labute approximate surface area is 108 Å². The predicted octanol–water partition coefficient (Wildman–Crippen LogP) is 2.64. The van der Waals surface area contributed by atoms with E-state index in [1.807, 2.05) is 0 Å². The van der Waals surface area contributed by atoms with Gasteiger partial charge < -0.3 is 4.74 Å². The van der Waals surface area contributed by atoms with E-state index in [9.17, 15) is 9.59 Å². The average Bonchev–Trinajstić information content (AvgIpc) is 2.23. The van der Waals surface area contributed by atoms with Crippen molar-refractivity contribution < 1.29 is 14.3 Å². The summed E-state index contributed by atoms with van der Waals surface area (Å²) in [4.78, 5) is 25.4. The number of hydrogen-bond acceptors (Lipinski definition) is 4. The van der Waals surface area contributed by atoms with Crippen molar-refractivity contribution in [2.24, 2.45) is 15.8 Å². The van der Waals surface area contributed by atoms with Crippen LogP contribution in [0.5, 0.6) is 0 Å². The first kappa shape index (κ1) is 14.7. The second kappa shape index (κ2) is 5.49. The molecule has 0 aromatic carbocycles. The van der Waals surface area contributed by atoms with Crippen molar-refractivity contribution in [3.63, 3.8) is 0 Å². The fraction of sp³-hybridized carbons (Fsp3) is 0.714. The Morgan fingerprint density at radius 2 is 2.17 bits per heavy atom. The van der Waals surface area contributed by atoms with E-state index in [4.69, 9.17) is 4.74 Å². The summed E-state index contributed by atoms with van der Waals surface area (Å²) in [5, 5.41) is 0. The summed E-state index contributed by atoms with van der Waals surface area (Å²) in [6.07, 6.45) is 5.36. The molecule has 1 rings (SSSR count). The van der Waals surface area contributed by atoms with E-state index in [0.29, 0.717) is 6.61 Å². The quantitative estimate of drug-likeness (QED) is 0.334. The number of rotatable bonds is 4. The molecule has 0 amide bonds. The van der Waals surface area contributed by atoms with E-state index in [-0.39, 0.29) is 16.9 Å². The minimum Gasteiger partial charge on any atom is -0.462 e. The van der Waals surface area contributed by atoms with Gasteiger partial charge in [0.05, 0.1) is 12.6 Å². The molecular formula is C14H21NO3. The maximum atomic E-state index is 11.1. The molecule has 0 bridgehead atoms. The van der Waals surface area contributed by atoms with Crippen molar-refractivity contribution in [1.29, 1.82) is 0 Å². The lowest BCUT2D eigenvalue weighted by atomic mass is 9.63. The summed E-state index contributed by atoms with van der Waals surface area (Å²) in [7, 11) is 0. The third-order valence-electron chi connectivity index (χ3n) is 3.39. The molecule has 0 N–H and O–H groups in total. The number of isocyanates is 1. The Hall–Kier alpha value is -1.41. The Morgan fingerprint density at radius 1 is 1.50 bits per heavy atom. The zero-order valence-corrected chi connectivity index (χ0v) is 11.4. The van der Waals surface area contributed by atoms with Crippen molar-refractivity contribution in [3.8, 4) is 0 Å². The van der Waals surface area contributed by atoms with Gasteiger partial charge in [-0.3, -0.25) is 0 Å². The molecule has 1 fully saturated rings. The van der Waals surface area contributed by atoms with E-state index in [1.165, 1.54) is 6.08 Å². The standard InChI is InChI=1S/C14H21NO3/c1-5-12(17)18-9-14(4)7-11(15-10-16)6-13(2,3)8-14/h5,11H,1,6-9H2,2-4H3. The number of nitrogens with zero attached hydrogens (tertiary/aromatic N) is 1. The van der Waals surface area contributed by atoms with E-state index < -0.39 is 5.97 Å². The van der Waals surface area contributed by atoms with Crippen LogP contribution in [0.1, 0.15) is 40.0 Å². The highest BCUT2D eigenvalue weighted by Crippen LogP contribution is 2.47. The van der Waals surface area contributed by atoms with Gasteiger partial charge in [-0.1, -0.05) is 27.4 Å². The molecule has 0 radical (unpaired) electrons. The first-order valence-corrected chi connectivity index (χ1v) is 6.16. The maximum absolute atomic E-state index is 11.1. The molecule has 2 atom stereocenters. The molecule has 4 heteroatoms. The topological polar surface area (TPSA) is 55.7 Å². The van der Waals surface area contributed by atoms with Gasteiger partial charge in [-0.05, 0) is 24.7 Å². The number of esters is 1. The van der Waals surface area contributed by atoms with Crippen LogP contribution in [0.25, 0.3) is 0 Å². The van der Waals surface area contributed by atoms with Crippen LogP contribution in [0.3, 0.4) is 0 Å². The molecule has 100 valence electrons. The van der Waals surface area contributed by atoms with Gasteiger partial charge in [0.2, 0.25) is 6.08 Å². The second-order valence-electron chi connectivity index (χ2n) is 6.25. The van der Waals surface area contributed by atoms with E-state index in [2.05, 4.69) is 32.3 Å². The van der Waals surface area contributed by atoms with Crippen LogP contribution in [0, 0.1) is 10.8 Å². The van der Waals surface area contributed by atoms with Crippen LogP contribution >= 0.6 is 0 Å². The fourth-order valence-electron chi connectivity index (χ4n) is 3.16. The van der Waals surface area contributed by atoms with Gasteiger partial charge in [-0.2, -0.15) is 0 Å². The van der Waals surface area contributed by atoms with Crippen molar-refractivity contribution in [2.45, 2.75) is 46.1 Å². The van der Waals surface area contributed by atoms with Crippen LogP contribution < -0.4 is 0 Å². The highest BCUT2D eigenvalue weighted by molar-refractivity contribution is 5.81. The molecular weight excluding hydrogens is 230 g/mol. The van der Waals surface area contributed by atoms with E-state index >= 15 is 0 Å². The lowest BCUT2D eigenvalue weighted by molar-refractivity contribution is -0.142. The minimum atomic E-state index is -0.407. The Morgan fingerprint density at radius 3 is 2.72 bits per heavy atom. The summed E-state index contributed by atoms with van der Waals surface area (Å²) in [6.45, 7) is 10.1. The monoisotopic (exact) mass is 251 g/mol. The van der Waals surface area contributed by atoms with Crippen LogP contribution in [0.15, 0.2) is 17.6 Å². The molecule has 0 spiro atoms. The van der Waals surface area contributed by atoms with Crippen LogP contribution in [0.2, 0.25) is 0 Å².